The van der Waals surface area contributed by atoms with E-state index in [-0.39, 0.29) is 5.91 Å². The van der Waals surface area contributed by atoms with E-state index in [0.29, 0.717) is 29.8 Å². The predicted molar refractivity (Wildman–Crippen MR) is 126 cm³/mol. The molecule has 0 spiro atoms. The van der Waals surface area contributed by atoms with Gasteiger partial charge in [-0.3, -0.25) is 4.79 Å². The molecule has 4 aromatic rings. The quantitative estimate of drug-likeness (QED) is 0.454. The first-order chi connectivity index (χ1) is 15.6. The van der Waals surface area contributed by atoms with E-state index in [1.807, 2.05) is 48.2 Å². The van der Waals surface area contributed by atoms with E-state index in [1.165, 1.54) is 4.80 Å². The minimum atomic E-state index is 0.0300. The van der Waals surface area contributed by atoms with Crippen molar-refractivity contribution in [3.05, 3.63) is 64.9 Å². The molecular weight excluding hydrogens is 444 g/mol. The van der Waals surface area contributed by atoms with Crippen molar-refractivity contribution in [1.82, 2.24) is 24.9 Å². The van der Waals surface area contributed by atoms with Gasteiger partial charge in [0, 0.05) is 30.6 Å². The molecule has 2 aliphatic rings. The molecule has 0 saturated carbocycles. The van der Waals surface area contributed by atoms with Gasteiger partial charge in [0.15, 0.2) is 5.13 Å². The van der Waals surface area contributed by atoms with Crippen LogP contribution in [0.3, 0.4) is 0 Å². The molecule has 0 radical (unpaired) electrons. The molecular formula is C23H21ClN6OS. The van der Waals surface area contributed by atoms with Crippen LogP contribution in [0.25, 0.3) is 15.9 Å². The molecule has 0 bridgehead atoms. The van der Waals surface area contributed by atoms with Crippen LogP contribution in [-0.4, -0.2) is 56.5 Å². The number of piperidine rings is 1. The van der Waals surface area contributed by atoms with Crippen molar-refractivity contribution < 1.29 is 4.79 Å². The molecule has 0 N–H and O–H groups in total. The molecule has 7 nitrogen and oxygen atoms in total. The van der Waals surface area contributed by atoms with Gasteiger partial charge in [-0.1, -0.05) is 34.6 Å². The van der Waals surface area contributed by atoms with Gasteiger partial charge in [0.1, 0.15) is 0 Å². The van der Waals surface area contributed by atoms with Gasteiger partial charge < -0.3 is 9.80 Å². The first kappa shape index (κ1) is 19.7. The number of hydrogen-bond acceptors (Lipinski definition) is 6. The van der Waals surface area contributed by atoms with Gasteiger partial charge >= 0.3 is 0 Å². The van der Waals surface area contributed by atoms with Crippen molar-refractivity contribution in [2.45, 2.75) is 19.4 Å². The Labute approximate surface area is 194 Å². The number of amides is 1. The van der Waals surface area contributed by atoms with Crippen molar-refractivity contribution in [2.75, 3.05) is 24.5 Å². The summed E-state index contributed by atoms with van der Waals surface area (Å²) in [7, 11) is 0. The SMILES string of the molecule is Cc1ccc(-n2nccn2)c(C(=O)N2CCC3CN(c4nc5ccc(Cl)cc5s4)C3C2)c1. The predicted octanol–water partition coefficient (Wildman–Crippen LogP) is 4.19. The van der Waals surface area contributed by atoms with Gasteiger partial charge in [-0.05, 0) is 43.7 Å². The second kappa shape index (κ2) is 7.56. The van der Waals surface area contributed by atoms with Crippen LogP contribution in [0.1, 0.15) is 22.3 Å². The molecule has 1 amide bonds. The lowest BCUT2D eigenvalue weighted by atomic mass is 9.82. The number of aryl methyl sites for hydroxylation is 1. The molecule has 2 fully saturated rings. The van der Waals surface area contributed by atoms with Crippen LogP contribution in [0.5, 0.6) is 0 Å². The number of carbonyl (C=O) groups excluding carboxylic acids is 1. The Bertz CT molecular complexity index is 1320. The molecule has 2 aromatic heterocycles. The Hall–Kier alpha value is -2.97. The lowest BCUT2D eigenvalue weighted by molar-refractivity contribution is 0.0592. The molecule has 2 atom stereocenters. The van der Waals surface area contributed by atoms with E-state index < -0.39 is 0 Å². The van der Waals surface area contributed by atoms with E-state index in [0.717, 1.165) is 45.4 Å². The highest BCUT2D eigenvalue weighted by Gasteiger charge is 2.45. The maximum Gasteiger partial charge on any atom is 0.256 e. The zero-order valence-corrected chi connectivity index (χ0v) is 19.1. The number of hydrogen-bond donors (Lipinski definition) is 0. The third kappa shape index (κ3) is 3.25. The summed E-state index contributed by atoms with van der Waals surface area (Å²) in [6.07, 6.45) is 4.25. The van der Waals surface area contributed by atoms with Crippen LogP contribution < -0.4 is 4.90 Å². The summed E-state index contributed by atoms with van der Waals surface area (Å²) < 4.78 is 1.09. The van der Waals surface area contributed by atoms with E-state index in [9.17, 15) is 4.79 Å². The number of halogens is 1. The highest BCUT2D eigenvalue weighted by atomic mass is 35.5. The molecule has 2 saturated heterocycles. The average Bonchev–Trinajstić information content (AvgIpc) is 3.44. The lowest BCUT2D eigenvalue weighted by Gasteiger charge is -2.53. The molecule has 2 aliphatic heterocycles. The normalized spacial score (nSPS) is 20.3. The summed E-state index contributed by atoms with van der Waals surface area (Å²) in [5.74, 6) is 0.627. The summed E-state index contributed by atoms with van der Waals surface area (Å²) in [4.78, 5) is 24.2. The average molecular weight is 465 g/mol. The number of anilines is 1. The highest BCUT2D eigenvalue weighted by Crippen LogP contribution is 2.40. The van der Waals surface area contributed by atoms with Gasteiger partial charge in [0.2, 0.25) is 0 Å². The van der Waals surface area contributed by atoms with E-state index in [4.69, 9.17) is 16.6 Å². The molecule has 162 valence electrons. The highest BCUT2D eigenvalue weighted by molar-refractivity contribution is 7.22. The van der Waals surface area contributed by atoms with Crippen LogP contribution in [0, 0.1) is 12.8 Å². The molecule has 0 aliphatic carbocycles. The second-order valence-electron chi connectivity index (χ2n) is 8.47. The monoisotopic (exact) mass is 464 g/mol. The summed E-state index contributed by atoms with van der Waals surface area (Å²) in [6.45, 7) is 4.45. The van der Waals surface area contributed by atoms with Gasteiger partial charge in [-0.15, -0.1) is 0 Å². The third-order valence-electron chi connectivity index (χ3n) is 6.44. The van der Waals surface area contributed by atoms with E-state index >= 15 is 0 Å². The number of aromatic nitrogens is 4. The third-order valence-corrected chi connectivity index (χ3v) is 7.73. The maximum atomic E-state index is 13.6. The van der Waals surface area contributed by atoms with Gasteiger partial charge in [0.25, 0.3) is 5.91 Å². The molecule has 9 heteroatoms. The largest absolute Gasteiger partial charge is 0.343 e. The van der Waals surface area contributed by atoms with Gasteiger partial charge in [0.05, 0.1) is 39.9 Å². The minimum absolute atomic E-state index is 0.0300. The summed E-state index contributed by atoms with van der Waals surface area (Å²) in [5, 5.41) is 10.2. The van der Waals surface area contributed by atoms with Crippen molar-refractivity contribution in [3.8, 4) is 5.69 Å². The standard InChI is InChI=1S/C23H21ClN6OS/c1-14-2-5-19(30-25-7-8-26-30)17(10-14)22(31)28-9-6-15-12-29(20(15)13-28)23-27-18-4-3-16(24)11-21(18)32-23/h2-5,7-8,10-11,15,20H,6,9,12-13H2,1H3. The zero-order chi connectivity index (χ0) is 21.8. The number of likely N-dealkylation sites (tertiary alicyclic amines) is 1. The number of carbonyl (C=O) groups is 1. The number of fused-ring (bicyclic) bond motifs is 2. The van der Waals surface area contributed by atoms with Crippen LogP contribution in [0.2, 0.25) is 5.02 Å². The van der Waals surface area contributed by atoms with Crippen LogP contribution >= 0.6 is 22.9 Å². The summed E-state index contributed by atoms with van der Waals surface area (Å²) in [6, 6.07) is 11.9. The Morgan fingerprint density at radius 3 is 2.81 bits per heavy atom. The van der Waals surface area contributed by atoms with Crippen molar-refractivity contribution in [2.24, 2.45) is 5.92 Å². The van der Waals surface area contributed by atoms with Crippen LogP contribution in [-0.2, 0) is 0 Å². The fourth-order valence-corrected chi connectivity index (χ4v) is 6.02. The van der Waals surface area contributed by atoms with E-state index in [1.54, 1.807) is 23.7 Å². The molecule has 32 heavy (non-hydrogen) atoms. The number of nitrogens with zero attached hydrogens (tertiary/aromatic N) is 6. The second-order valence-corrected chi connectivity index (χ2v) is 9.91. The molecule has 6 rings (SSSR count). The molecule has 2 unspecified atom stereocenters. The van der Waals surface area contributed by atoms with Gasteiger partial charge in [-0.2, -0.15) is 15.0 Å². The Morgan fingerprint density at radius 2 is 1.97 bits per heavy atom. The fourth-order valence-electron chi connectivity index (χ4n) is 4.72. The van der Waals surface area contributed by atoms with Crippen molar-refractivity contribution >= 4 is 44.2 Å². The number of rotatable bonds is 3. The number of thiazole rings is 1. The van der Waals surface area contributed by atoms with Crippen molar-refractivity contribution in [1.29, 1.82) is 0 Å². The molecule has 2 aromatic carbocycles. The molecule has 4 heterocycles. The summed E-state index contributed by atoms with van der Waals surface area (Å²) >= 11 is 7.82. The first-order valence-electron chi connectivity index (χ1n) is 10.7. The summed E-state index contributed by atoms with van der Waals surface area (Å²) in [5.41, 5.74) is 3.36. The first-order valence-corrected chi connectivity index (χ1v) is 11.9. The van der Waals surface area contributed by atoms with Crippen LogP contribution in [0.4, 0.5) is 5.13 Å². The van der Waals surface area contributed by atoms with E-state index in [2.05, 4.69) is 15.1 Å². The zero-order valence-electron chi connectivity index (χ0n) is 17.5. The number of benzene rings is 2. The Kier molecular flexibility index (Phi) is 4.66. The smallest absolute Gasteiger partial charge is 0.256 e. The van der Waals surface area contributed by atoms with Crippen molar-refractivity contribution in [3.63, 3.8) is 0 Å². The fraction of sp³-hybridized carbons (Fsp3) is 0.304. The van der Waals surface area contributed by atoms with Gasteiger partial charge in [-0.25, -0.2) is 4.98 Å². The Morgan fingerprint density at radius 1 is 1.12 bits per heavy atom. The topological polar surface area (TPSA) is 67.2 Å². The minimum Gasteiger partial charge on any atom is -0.343 e. The lowest BCUT2D eigenvalue weighted by Crippen LogP contribution is -2.65. The van der Waals surface area contributed by atoms with Crippen LogP contribution in [0.15, 0.2) is 48.8 Å². The maximum absolute atomic E-state index is 13.6. The Balaban J connectivity index is 1.26.